The van der Waals surface area contributed by atoms with Crippen molar-refractivity contribution in [3.05, 3.63) is 35.4 Å². The third-order valence-corrected chi connectivity index (χ3v) is 3.85. The molecule has 106 valence electrons. The standard InChI is InChI=1S/C17H24F2/c1-2-3-4-5-13-6-8-14(9-7-13)15-10-11-16(18)17(19)12-15/h10-14H,2-9H2,1H3/t13-,14-/i8D,9D2/t8?,13-,14-/m0/s1. The highest BCUT2D eigenvalue weighted by molar-refractivity contribution is 5.22. The van der Waals surface area contributed by atoms with E-state index in [1.165, 1.54) is 6.07 Å². The molecule has 0 heterocycles. The van der Waals surface area contributed by atoms with Crippen molar-refractivity contribution >= 4 is 0 Å². The molecular weight excluding hydrogens is 242 g/mol. The molecule has 0 radical (unpaired) electrons. The summed E-state index contributed by atoms with van der Waals surface area (Å²) in [7, 11) is 0. The minimum Gasteiger partial charge on any atom is -0.204 e. The van der Waals surface area contributed by atoms with E-state index in [4.69, 9.17) is 4.11 Å². The van der Waals surface area contributed by atoms with Crippen LogP contribution in [0.1, 0.15) is 73.8 Å². The van der Waals surface area contributed by atoms with Crippen molar-refractivity contribution in [2.24, 2.45) is 5.92 Å². The second-order valence-electron chi connectivity index (χ2n) is 5.39. The second-order valence-corrected chi connectivity index (χ2v) is 5.39. The number of hydrogen-bond acceptors (Lipinski definition) is 0. The van der Waals surface area contributed by atoms with E-state index in [1.807, 2.05) is 0 Å². The van der Waals surface area contributed by atoms with Gasteiger partial charge in [-0.3, -0.25) is 0 Å². The smallest absolute Gasteiger partial charge is 0.159 e. The molecule has 1 aromatic rings. The van der Waals surface area contributed by atoms with Crippen LogP contribution in [0.5, 0.6) is 0 Å². The molecule has 2 rings (SSSR count). The van der Waals surface area contributed by atoms with Crippen LogP contribution in [0.2, 0.25) is 0 Å². The van der Waals surface area contributed by atoms with E-state index >= 15 is 0 Å². The molecule has 0 spiro atoms. The third-order valence-electron chi connectivity index (χ3n) is 3.85. The van der Waals surface area contributed by atoms with E-state index in [-0.39, 0.29) is 5.92 Å². The Bertz CT molecular complexity index is 505. The zero-order chi connectivity index (χ0) is 16.3. The van der Waals surface area contributed by atoms with Gasteiger partial charge in [0.05, 0.1) is 0 Å². The van der Waals surface area contributed by atoms with Gasteiger partial charge < -0.3 is 0 Å². The lowest BCUT2D eigenvalue weighted by Gasteiger charge is -2.28. The van der Waals surface area contributed by atoms with E-state index in [0.29, 0.717) is 18.4 Å². The van der Waals surface area contributed by atoms with Gasteiger partial charge in [-0.2, -0.15) is 0 Å². The molecule has 0 N–H and O–H groups in total. The van der Waals surface area contributed by atoms with E-state index < -0.39 is 30.3 Å². The first kappa shape index (κ1) is 10.8. The molecule has 0 aromatic heterocycles. The Balaban J connectivity index is 2.14. The number of unbranched alkanes of at least 4 members (excludes halogenated alkanes) is 2. The quantitative estimate of drug-likeness (QED) is 0.591. The first-order valence-electron chi connectivity index (χ1n) is 8.80. The number of halogens is 2. The van der Waals surface area contributed by atoms with Gasteiger partial charge in [0.2, 0.25) is 0 Å². The normalized spacial score (nSPS) is 32.4. The summed E-state index contributed by atoms with van der Waals surface area (Å²) in [6.45, 7) is 2.13. The fourth-order valence-electron chi connectivity index (χ4n) is 2.65. The summed E-state index contributed by atoms with van der Waals surface area (Å²) in [6.07, 6.45) is 3.15. The van der Waals surface area contributed by atoms with E-state index in [0.717, 1.165) is 37.8 Å². The number of rotatable bonds is 5. The highest BCUT2D eigenvalue weighted by atomic mass is 19.2. The molecule has 19 heavy (non-hydrogen) atoms. The van der Waals surface area contributed by atoms with Crippen LogP contribution in [0.25, 0.3) is 0 Å². The lowest BCUT2D eigenvalue weighted by Crippen LogP contribution is -2.13. The third kappa shape index (κ3) is 4.02. The zero-order valence-electron chi connectivity index (χ0n) is 14.5. The van der Waals surface area contributed by atoms with Crippen molar-refractivity contribution in [3.63, 3.8) is 0 Å². The van der Waals surface area contributed by atoms with Gasteiger partial charge in [0, 0.05) is 4.11 Å². The predicted molar refractivity (Wildman–Crippen MR) is 75.2 cm³/mol. The Kier molecular flexibility index (Phi) is 4.00. The maximum Gasteiger partial charge on any atom is 0.159 e. The molecule has 1 aromatic carbocycles. The molecule has 1 saturated carbocycles. The SMILES string of the molecule is [2H]C1C[C@H](CCCCC)CC([2H])([2H])[C@H]1c1ccc(F)c(F)c1. The molecule has 3 atom stereocenters. The lowest BCUT2D eigenvalue weighted by atomic mass is 9.77. The number of benzene rings is 1. The van der Waals surface area contributed by atoms with Crippen molar-refractivity contribution in [1.82, 2.24) is 0 Å². The summed E-state index contributed by atoms with van der Waals surface area (Å²) in [5.41, 5.74) is 0.399. The van der Waals surface area contributed by atoms with Crippen LogP contribution in [0.15, 0.2) is 18.2 Å². The topological polar surface area (TPSA) is 0 Å². The van der Waals surface area contributed by atoms with Crippen molar-refractivity contribution in [2.45, 2.75) is 64.1 Å². The average molecular weight is 269 g/mol. The van der Waals surface area contributed by atoms with Gasteiger partial charge in [-0.05, 0) is 55.1 Å². The molecule has 0 bridgehead atoms. The molecule has 1 unspecified atom stereocenters. The predicted octanol–water partition coefficient (Wildman–Crippen LogP) is 5.82. The fraction of sp³-hybridized carbons (Fsp3) is 0.647. The maximum atomic E-state index is 13.4. The maximum absolute atomic E-state index is 13.4. The summed E-state index contributed by atoms with van der Waals surface area (Å²) in [5.74, 6) is -2.37. The summed E-state index contributed by atoms with van der Waals surface area (Å²) >= 11 is 0. The van der Waals surface area contributed by atoms with Crippen LogP contribution in [0.4, 0.5) is 8.78 Å². The molecule has 1 fully saturated rings. The van der Waals surface area contributed by atoms with Gasteiger partial charge in [-0.1, -0.05) is 38.7 Å². The van der Waals surface area contributed by atoms with Crippen LogP contribution in [0.3, 0.4) is 0 Å². The Morgan fingerprint density at radius 1 is 1.21 bits per heavy atom. The molecular formula is C17H24F2. The molecule has 0 amide bonds. The minimum absolute atomic E-state index is 0.214. The van der Waals surface area contributed by atoms with Gasteiger partial charge in [-0.15, -0.1) is 0 Å². The van der Waals surface area contributed by atoms with Crippen LogP contribution >= 0.6 is 0 Å². The van der Waals surface area contributed by atoms with Crippen LogP contribution < -0.4 is 0 Å². The first-order chi connectivity index (χ1) is 10.3. The largest absolute Gasteiger partial charge is 0.204 e. The Hall–Kier alpha value is -0.920. The summed E-state index contributed by atoms with van der Waals surface area (Å²) in [4.78, 5) is 0. The zero-order valence-corrected chi connectivity index (χ0v) is 11.5. The van der Waals surface area contributed by atoms with Gasteiger partial charge in [0.15, 0.2) is 11.6 Å². The van der Waals surface area contributed by atoms with Gasteiger partial charge in [0.25, 0.3) is 0 Å². The second kappa shape index (κ2) is 7.02. The first-order valence-corrected chi connectivity index (χ1v) is 7.22. The summed E-state index contributed by atoms with van der Waals surface area (Å²) in [5, 5.41) is 0. The molecule has 1 aliphatic carbocycles. The van der Waals surface area contributed by atoms with E-state index in [2.05, 4.69) is 6.92 Å². The molecule has 0 nitrogen and oxygen atoms in total. The van der Waals surface area contributed by atoms with Crippen LogP contribution in [-0.2, 0) is 0 Å². The van der Waals surface area contributed by atoms with Crippen LogP contribution in [-0.4, -0.2) is 0 Å². The van der Waals surface area contributed by atoms with Crippen molar-refractivity contribution in [1.29, 1.82) is 0 Å². The Morgan fingerprint density at radius 3 is 2.74 bits per heavy atom. The monoisotopic (exact) mass is 269 g/mol. The Morgan fingerprint density at radius 2 is 2.05 bits per heavy atom. The van der Waals surface area contributed by atoms with Crippen molar-refractivity contribution < 1.29 is 12.9 Å². The average Bonchev–Trinajstić information content (AvgIpc) is 2.41. The molecule has 1 aliphatic rings. The van der Waals surface area contributed by atoms with E-state index in [9.17, 15) is 8.78 Å². The van der Waals surface area contributed by atoms with Gasteiger partial charge >= 0.3 is 0 Å². The van der Waals surface area contributed by atoms with Gasteiger partial charge in [-0.25, -0.2) is 8.78 Å². The summed E-state index contributed by atoms with van der Waals surface area (Å²) < 4.78 is 51.4. The number of hydrogen-bond donors (Lipinski definition) is 0. The lowest BCUT2D eigenvalue weighted by molar-refractivity contribution is 0.302. The minimum atomic E-state index is -1.55. The van der Waals surface area contributed by atoms with Crippen molar-refractivity contribution in [2.75, 3.05) is 0 Å². The van der Waals surface area contributed by atoms with Gasteiger partial charge in [0.1, 0.15) is 0 Å². The van der Waals surface area contributed by atoms with Crippen molar-refractivity contribution in [3.8, 4) is 0 Å². The van der Waals surface area contributed by atoms with Crippen LogP contribution in [0, 0.1) is 17.6 Å². The molecule has 0 saturated heterocycles. The summed E-state index contributed by atoms with van der Waals surface area (Å²) in [6, 6.07) is 3.50. The molecule has 2 heteroatoms. The van der Waals surface area contributed by atoms with E-state index in [1.54, 1.807) is 0 Å². The highest BCUT2D eigenvalue weighted by Crippen LogP contribution is 2.38. The fourth-order valence-corrected chi connectivity index (χ4v) is 2.65. The molecule has 0 aliphatic heterocycles. The highest BCUT2D eigenvalue weighted by Gasteiger charge is 2.22. The Labute approximate surface area is 119 Å².